The van der Waals surface area contributed by atoms with Crippen LogP contribution in [0.25, 0.3) is 6.08 Å². The predicted octanol–water partition coefficient (Wildman–Crippen LogP) is 3.14. The van der Waals surface area contributed by atoms with Crippen molar-refractivity contribution in [2.24, 2.45) is 0 Å². The molecule has 0 heterocycles. The summed E-state index contributed by atoms with van der Waals surface area (Å²) in [5, 5.41) is 2.83. The van der Waals surface area contributed by atoms with Crippen molar-refractivity contribution >= 4 is 12.0 Å². The van der Waals surface area contributed by atoms with Gasteiger partial charge in [0.2, 0.25) is 5.91 Å². The first-order chi connectivity index (χ1) is 7.79. The number of carbonyl (C=O) groups excluding carboxylic acids is 1. The second-order valence-corrected chi connectivity index (χ2v) is 5.05. The van der Waals surface area contributed by atoms with Gasteiger partial charge in [-0.1, -0.05) is 18.2 Å². The normalized spacial score (nSPS) is 12.4. The Bertz CT molecular complexity index is 444. The summed E-state index contributed by atoms with van der Waals surface area (Å²) in [6.07, 6.45) is 1.55. The Hall–Kier alpha value is -1.64. The number of halogens is 1. The van der Waals surface area contributed by atoms with Crippen molar-refractivity contribution in [2.75, 3.05) is 0 Å². The van der Waals surface area contributed by atoms with Gasteiger partial charge in [-0.25, -0.2) is 4.39 Å². The van der Waals surface area contributed by atoms with E-state index in [1.807, 2.05) is 20.8 Å². The summed E-state index contributed by atoms with van der Waals surface area (Å²) < 4.78 is 13.4. The lowest BCUT2D eigenvalue weighted by atomic mass is 10.1. The van der Waals surface area contributed by atoms with Gasteiger partial charge in [0.25, 0.3) is 0 Å². The van der Waals surface area contributed by atoms with Crippen LogP contribution in [-0.4, -0.2) is 11.4 Å². The Morgan fingerprint density at radius 3 is 2.41 bits per heavy atom. The first-order valence-corrected chi connectivity index (χ1v) is 5.55. The highest BCUT2D eigenvalue weighted by Gasteiger charge is 2.14. The highest BCUT2D eigenvalue weighted by Crippen LogP contribution is 2.12. The van der Waals surface area contributed by atoms with E-state index in [9.17, 15) is 9.18 Å². The Labute approximate surface area is 102 Å². The SMILES string of the molecule is C/C(=C\c1ccccc1F)C(=O)NC(C)(C)C. The zero-order chi connectivity index (χ0) is 13.1. The van der Waals surface area contributed by atoms with Gasteiger partial charge in [0, 0.05) is 16.7 Å². The third-order valence-corrected chi connectivity index (χ3v) is 2.12. The van der Waals surface area contributed by atoms with E-state index in [4.69, 9.17) is 0 Å². The summed E-state index contributed by atoms with van der Waals surface area (Å²) in [5.74, 6) is -0.504. The van der Waals surface area contributed by atoms with Gasteiger partial charge in [0.15, 0.2) is 0 Å². The molecule has 0 saturated heterocycles. The predicted molar refractivity (Wildman–Crippen MR) is 67.9 cm³/mol. The van der Waals surface area contributed by atoms with Crippen molar-refractivity contribution in [3.8, 4) is 0 Å². The fraction of sp³-hybridized carbons (Fsp3) is 0.357. The minimum Gasteiger partial charge on any atom is -0.348 e. The molecular weight excluding hydrogens is 217 g/mol. The average molecular weight is 235 g/mol. The van der Waals surface area contributed by atoms with E-state index in [0.717, 1.165) is 0 Å². The first-order valence-electron chi connectivity index (χ1n) is 5.55. The van der Waals surface area contributed by atoms with E-state index >= 15 is 0 Å². The number of hydrogen-bond acceptors (Lipinski definition) is 1. The topological polar surface area (TPSA) is 29.1 Å². The van der Waals surface area contributed by atoms with Crippen LogP contribution in [0.15, 0.2) is 29.8 Å². The van der Waals surface area contributed by atoms with E-state index in [1.165, 1.54) is 6.07 Å². The molecule has 0 unspecified atom stereocenters. The molecule has 92 valence electrons. The van der Waals surface area contributed by atoms with Crippen LogP contribution in [0.2, 0.25) is 0 Å². The molecule has 1 rings (SSSR count). The Balaban J connectivity index is 2.87. The molecule has 3 heteroatoms. The maximum Gasteiger partial charge on any atom is 0.247 e. The van der Waals surface area contributed by atoms with Crippen molar-refractivity contribution in [3.63, 3.8) is 0 Å². The summed E-state index contributed by atoms with van der Waals surface area (Å²) >= 11 is 0. The molecule has 1 aromatic rings. The Morgan fingerprint density at radius 1 is 1.29 bits per heavy atom. The minimum atomic E-state index is -0.324. The number of carbonyl (C=O) groups is 1. The lowest BCUT2D eigenvalue weighted by Crippen LogP contribution is -2.40. The van der Waals surface area contributed by atoms with Gasteiger partial charge in [-0.15, -0.1) is 0 Å². The second kappa shape index (κ2) is 5.13. The van der Waals surface area contributed by atoms with Crippen molar-refractivity contribution < 1.29 is 9.18 Å². The van der Waals surface area contributed by atoms with Crippen LogP contribution >= 0.6 is 0 Å². The molecular formula is C14H18FNO. The maximum absolute atomic E-state index is 13.4. The second-order valence-electron chi connectivity index (χ2n) is 5.05. The smallest absolute Gasteiger partial charge is 0.247 e. The van der Waals surface area contributed by atoms with E-state index in [2.05, 4.69) is 5.32 Å². The van der Waals surface area contributed by atoms with Gasteiger partial charge >= 0.3 is 0 Å². The number of amides is 1. The van der Waals surface area contributed by atoms with Gasteiger partial charge in [-0.2, -0.15) is 0 Å². The number of rotatable bonds is 2. The molecule has 1 aromatic carbocycles. The fourth-order valence-electron chi connectivity index (χ4n) is 1.33. The lowest BCUT2D eigenvalue weighted by molar-refractivity contribution is -0.118. The molecule has 0 aromatic heterocycles. The summed E-state index contributed by atoms with van der Waals surface area (Å²) in [6.45, 7) is 7.39. The molecule has 0 aliphatic carbocycles. The number of nitrogens with one attached hydrogen (secondary N) is 1. The number of benzene rings is 1. The zero-order valence-corrected chi connectivity index (χ0v) is 10.7. The lowest BCUT2D eigenvalue weighted by Gasteiger charge is -2.20. The molecule has 0 spiro atoms. The first kappa shape index (κ1) is 13.4. The third-order valence-electron chi connectivity index (χ3n) is 2.12. The molecule has 17 heavy (non-hydrogen) atoms. The highest BCUT2D eigenvalue weighted by molar-refractivity contribution is 5.97. The van der Waals surface area contributed by atoms with Crippen LogP contribution in [0.4, 0.5) is 4.39 Å². The van der Waals surface area contributed by atoms with Gasteiger partial charge in [0.05, 0.1) is 0 Å². The van der Waals surface area contributed by atoms with E-state index < -0.39 is 0 Å². The van der Waals surface area contributed by atoms with Crippen LogP contribution < -0.4 is 5.32 Å². The van der Waals surface area contributed by atoms with E-state index in [1.54, 1.807) is 31.2 Å². The molecule has 0 aliphatic rings. The van der Waals surface area contributed by atoms with Crippen LogP contribution in [0.5, 0.6) is 0 Å². The van der Waals surface area contributed by atoms with Crippen molar-refractivity contribution in [1.82, 2.24) is 5.32 Å². The van der Waals surface area contributed by atoms with Gasteiger partial charge < -0.3 is 5.32 Å². The quantitative estimate of drug-likeness (QED) is 0.784. The molecule has 0 atom stereocenters. The highest BCUT2D eigenvalue weighted by atomic mass is 19.1. The van der Waals surface area contributed by atoms with E-state index in [0.29, 0.717) is 11.1 Å². The molecule has 1 N–H and O–H groups in total. The largest absolute Gasteiger partial charge is 0.348 e. The van der Waals surface area contributed by atoms with Crippen molar-refractivity contribution in [2.45, 2.75) is 33.2 Å². The van der Waals surface area contributed by atoms with Gasteiger partial charge in [0.1, 0.15) is 5.82 Å². The number of hydrogen-bond donors (Lipinski definition) is 1. The molecule has 0 bridgehead atoms. The molecule has 0 radical (unpaired) electrons. The van der Waals surface area contributed by atoms with Gasteiger partial charge in [-0.3, -0.25) is 4.79 Å². The average Bonchev–Trinajstić information content (AvgIpc) is 2.18. The summed E-state index contributed by atoms with van der Waals surface area (Å²) in [6, 6.07) is 6.38. The van der Waals surface area contributed by atoms with Crippen molar-refractivity contribution in [3.05, 3.63) is 41.2 Å². The fourth-order valence-corrected chi connectivity index (χ4v) is 1.33. The molecule has 0 saturated carbocycles. The van der Waals surface area contributed by atoms with Crippen LogP contribution in [-0.2, 0) is 4.79 Å². The Morgan fingerprint density at radius 2 is 1.88 bits per heavy atom. The van der Waals surface area contributed by atoms with Crippen molar-refractivity contribution in [1.29, 1.82) is 0 Å². The Kier molecular flexibility index (Phi) is 4.05. The molecule has 0 fully saturated rings. The zero-order valence-electron chi connectivity index (χ0n) is 10.7. The summed E-state index contributed by atoms with van der Waals surface area (Å²) in [4.78, 5) is 11.8. The van der Waals surface area contributed by atoms with Crippen LogP contribution in [0.1, 0.15) is 33.3 Å². The molecule has 0 aliphatic heterocycles. The monoisotopic (exact) mass is 235 g/mol. The summed E-state index contributed by atoms with van der Waals surface area (Å²) in [7, 11) is 0. The maximum atomic E-state index is 13.4. The van der Waals surface area contributed by atoms with Gasteiger partial charge in [-0.05, 0) is 39.8 Å². The minimum absolute atomic E-state index is 0.180. The third kappa shape index (κ3) is 4.39. The standard InChI is InChI=1S/C14H18FNO/c1-10(13(17)16-14(2,3)4)9-11-7-5-6-8-12(11)15/h5-9H,1-4H3,(H,16,17)/b10-9+. The van der Waals surface area contributed by atoms with E-state index in [-0.39, 0.29) is 17.3 Å². The van der Waals surface area contributed by atoms with Crippen LogP contribution in [0.3, 0.4) is 0 Å². The van der Waals surface area contributed by atoms with Crippen LogP contribution in [0, 0.1) is 5.82 Å². The molecule has 1 amide bonds. The summed E-state index contributed by atoms with van der Waals surface area (Å²) in [5.41, 5.74) is 0.626. The molecule has 2 nitrogen and oxygen atoms in total.